The molecule has 0 fully saturated rings. The zero-order valence-corrected chi connectivity index (χ0v) is 22.3. The molecule has 6 heteroatoms. The van der Waals surface area contributed by atoms with Crippen LogP contribution in [0.25, 0.3) is 11.1 Å². The number of carbonyl (C=O) groups excluding carboxylic acids is 2. The van der Waals surface area contributed by atoms with Crippen LogP contribution in [0.3, 0.4) is 0 Å². The van der Waals surface area contributed by atoms with Gasteiger partial charge < -0.3 is 14.8 Å². The monoisotopic (exact) mass is 494 g/mol. The fourth-order valence-corrected chi connectivity index (χ4v) is 5.15. The zero-order chi connectivity index (χ0) is 26.0. The van der Waals surface area contributed by atoms with E-state index in [2.05, 4.69) is 48.7 Å². The van der Waals surface area contributed by atoms with Crippen LogP contribution in [0.2, 0.25) is 0 Å². The number of carbonyl (C=O) groups is 2. The second-order valence-corrected chi connectivity index (χ2v) is 9.74. The summed E-state index contributed by atoms with van der Waals surface area (Å²) in [6.07, 6.45) is 5.59. The highest BCUT2D eigenvalue weighted by molar-refractivity contribution is 5.81. The van der Waals surface area contributed by atoms with Crippen molar-refractivity contribution in [2.75, 3.05) is 20.3 Å². The van der Waals surface area contributed by atoms with Crippen molar-refractivity contribution < 1.29 is 19.1 Å². The number of hydrogen-bond donors (Lipinski definition) is 2. The second kappa shape index (κ2) is 13.4. The van der Waals surface area contributed by atoms with Crippen molar-refractivity contribution in [2.24, 2.45) is 0 Å². The molecule has 0 spiro atoms. The molecule has 2 aromatic rings. The van der Waals surface area contributed by atoms with Crippen LogP contribution in [0.1, 0.15) is 82.8 Å². The molecule has 0 heterocycles. The van der Waals surface area contributed by atoms with Crippen molar-refractivity contribution in [1.29, 1.82) is 0 Å². The van der Waals surface area contributed by atoms with Crippen molar-refractivity contribution in [3.8, 4) is 11.1 Å². The van der Waals surface area contributed by atoms with Crippen molar-refractivity contribution in [1.82, 2.24) is 10.6 Å². The van der Waals surface area contributed by atoms with E-state index in [4.69, 9.17) is 9.47 Å². The number of fused-ring (bicyclic) bond motifs is 3. The maximum atomic E-state index is 12.8. The quantitative estimate of drug-likeness (QED) is 0.307. The molecule has 3 rings (SSSR count). The summed E-state index contributed by atoms with van der Waals surface area (Å²) in [6.45, 7) is 7.02. The molecule has 2 N–H and O–H groups in total. The van der Waals surface area contributed by atoms with Gasteiger partial charge in [0.15, 0.2) is 0 Å². The Labute approximate surface area is 216 Å². The van der Waals surface area contributed by atoms with Crippen LogP contribution in [0, 0.1) is 0 Å². The molecule has 1 aliphatic rings. The van der Waals surface area contributed by atoms with E-state index in [1.165, 1.54) is 29.4 Å². The first-order chi connectivity index (χ1) is 17.5. The van der Waals surface area contributed by atoms with Gasteiger partial charge in [0, 0.05) is 18.5 Å². The number of ether oxygens (including phenoxy) is 2. The Balaban J connectivity index is 1.61. The van der Waals surface area contributed by atoms with Crippen molar-refractivity contribution in [3.05, 3.63) is 59.7 Å². The van der Waals surface area contributed by atoms with E-state index in [1.54, 1.807) is 0 Å². The normalized spacial score (nSPS) is 13.6. The number of esters is 1. The minimum Gasteiger partial charge on any atom is -0.468 e. The van der Waals surface area contributed by atoms with E-state index in [-0.39, 0.29) is 24.5 Å². The lowest BCUT2D eigenvalue weighted by molar-refractivity contribution is -0.149. The third kappa shape index (κ3) is 6.47. The molecule has 6 nitrogen and oxygen atoms in total. The molecule has 1 atom stereocenters. The minimum atomic E-state index is -0.725. The molecular weight excluding hydrogens is 452 g/mol. The fraction of sp³-hybridized carbons (Fsp3) is 0.533. The highest BCUT2D eigenvalue weighted by Gasteiger charge is 2.38. The maximum absolute atomic E-state index is 12.8. The van der Waals surface area contributed by atoms with Crippen molar-refractivity contribution >= 4 is 12.1 Å². The Kier molecular flexibility index (Phi) is 10.4. The smallest absolute Gasteiger partial charge is 0.407 e. The third-order valence-corrected chi connectivity index (χ3v) is 7.34. The molecular formula is C30H42N2O4. The highest BCUT2D eigenvalue weighted by atomic mass is 16.5. The van der Waals surface area contributed by atoms with Gasteiger partial charge in [-0.05, 0) is 41.5 Å². The summed E-state index contributed by atoms with van der Waals surface area (Å²) in [5.74, 6) is -0.197. The molecule has 36 heavy (non-hydrogen) atoms. The predicted molar refractivity (Wildman–Crippen MR) is 144 cm³/mol. The van der Waals surface area contributed by atoms with Gasteiger partial charge in [-0.1, -0.05) is 95.0 Å². The standard InChI is InChI=1S/C30H42N2O4/c1-5-8-18-30(19-9-6-2,28(33)35-4)31-20-22(7-3)32-29(34)36-21-27-25-16-12-10-14-23(25)24-15-11-13-17-26(24)27/h10-17,22,27,31H,5-9,18-21H2,1-4H3,(H,32,34)/t22-/m1/s1. The number of hydrogen-bond acceptors (Lipinski definition) is 5. The molecule has 1 amide bonds. The van der Waals surface area contributed by atoms with Crippen LogP contribution in [-0.4, -0.2) is 43.9 Å². The Bertz CT molecular complexity index is 952. The van der Waals surface area contributed by atoms with E-state index < -0.39 is 11.6 Å². The third-order valence-electron chi connectivity index (χ3n) is 7.34. The van der Waals surface area contributed by atoms with Gasteiger partial charge in [-0.15, -0.1) is 0 Å². The highest BCUT2D eigenvalue weighted by Crippen LogP contribution is 2.44. The Morgan fingerprint density at radius 1 is 0.917 bits per heavy atom. The molecule has 0 bridgehead atoms. The van der Waals surface area contributed by atoms with Crippen LogP contribution in [0.5, 0.6) is 0 Å². The Morgan fingerprint density at radius 2 is 1.47 bits per heavy atom. The van der Waals surface area contributed by atoms with Gasteiger partial charge in [0.2, 0.25) is 0 Å². The maximum Gasteiger partial charge on any atom is 0.407 e. The molecule has 196 valence electrons. The van der Waals surface area contributed by atoms with Crippen LogP contribution in [0.4, 0.5) is 4.79 Å². The topological polar surface area (TPSA) is 76.7 Å². The summed E-state index contributed by atoms with van der Waals surface area (Å²) >= 11 is 0. The number of unbranched alkanes of at least 4 members (excludes halogenated alkanes) is 2. The molecule has 1 aliphatic carbocycles. The largest absolute Gasteiger partial charge is 0.468 e. The Hall–Kier alpha value is -2.86. The first kappa shape index (κ1) is 27.7. The summed E-state index contributed by atoms with van der Waals surface area (Å²) in [4.78, 5) is 25.6. The van der Waals surface area contributed by atoms with Gasteiger partial charge in [-0.2, -0.15) is 0 Å². The number of amides is 1. The predicted octanol–water partition coefficient (Wildman–Crippen LogP) is 6.19. The molecule has 0 aromatic heterocycles. The second-order valence-electron chi connectivity index (χ2n) is 9.74. The average molecular weight is 495 g/mol. The van der Waals surface area contributed by atoms with E-state index in [9.17, 15) is 9.59 Å². The van der Waals surface area contributed by atoms with Crippen molar-refractivity contribution in [2.45, 2.75) is 83.2 Å². The lowest BCUT2D eigenvalue weighted by Gasteiger charge is -2.34. The number of alkyl carbamates (subject to hydrolysis) is 1. The van der Waals surface area contributed by atoms with Crippen LogP contribution < -0.4 is 10.6 Å². The van der Waals surface area contributed by atoms with Gasteiger partial charge in [0.25, 0.3) is 0 Å². The molecule has 0 saturated heterocycles. The number of nitrogens with one attached hydrogen (secondary N) is 2. The van der Waals surface area contributed by atoms with Gasteiger partial charge >= 0.3 is 12.1 Å². The van der Waals surface area contributed by atoms with Gasteiger partial charge in [0.1, 0.15) is 12.1 Å². The van der Waals surface area contributed by atoms with Crippen LogP contribution in [0.15, 0.2) is 48.5 Å². The summed E-state index contributed by atoms with van der Waals surface area (Å²) in [5.41, 5.74) is 4.06. The summed E-state index contributed by atoms with van der Waals surface area (Å²) in [5, 5.41) is 6.49. The van der Waals surface area contributed by atoms with E-state index in [0.717, 1.165) is 44.9 Å². The lowest BCUT2D eigenvalue weighted by atomic mass is 9.86. The zero-order valence-electron chi connectivity index (χ0n) is 22.3. The molecule has 0 radical (unpaired) electrons. The van der Waals surface area contributed by atoms with Gasteiger partial charge in [-0.25, -0.2) is 4.79 Å². The molecule has 2 aromatic carbocycles. The van der Waals surface area contributed by atoms with Crippen molar-refractivity contribution in [3.63, 3.8) is 0 Å². The van der Waals surface area contributed by atoms with Crippen LogP contribution >= 0.6 is 0 Å². The average Bonchev–Trinajstić information content (AvgIpc) is 3.24. The van der Waals surface area contributed by atoms with Crippen LogP contribution in [-0.2, 0) is 14.3 Å². The first-order valence-corrected chi connectivity index (χ1v) is 13.4. The van der Waals surface area contributed by atoms with E-state index in [0.29, 0.717) is 6.54 Å². The summed E-state index contributed by atoms with van der Waals surface area (Å²) < 4.78 is 10.9. The molecule has 0 aliphatic heterocycles. The fourth-order valence-electron chi connectivity index (χ4n) is 5.15. The summed E-state index contributed by atoms with van der Waals surface area (Å²) in [7, 11) is 1.45. The minimum absolute atomic E-state index is 0.0245. The number of methoxy groups -OCH3 is 1. The number of benzene rings is 2. The lowest BCUT2D eigenvalue weighted by Crippen LogP contribution is -2.56. The number of rotatable bonds is 14. The molecule has 0 saturated carbocycles. The first-order valence-electron chi connectivity index (χ1n) is 13.4. The van der Waals surface area contributed by atoms with Gasteiger partial charge in [-0.3, -0.25) is 10.1 Å². The van der Waals surface area contributed by atoms with E-state index in [1.807, 2.05) is 31.2 Å². The summed E-state index contributed by atoms with van der Waals surface area (Å²) in [6, 6.07) is 16.4. The van der Waals surface area contributed by atoms with Gasteiger partial charge in [0.05, 0.1) is 7.11 Å². The molecule has 0 unspecified atom stereocenters. The Morgan fingerprint density at radius 3 is 1.97 bits per heavy atom. The SMILES string of the molecule is CCCCC(CCCC)(NC[C@@H](CC)NC(=O)OCC1c2ccccc2-c2ccccc21)C(=O)OC. The van der Waals surface area contributed by atoms with E-state index >= 15 is 0 Å².